The van der Waals surface area contributed by atoms with Gasteiger partial charge in [0.25, 0.3) is 5.56 Å². The highest BCUT2D eigenvalue weighted by atomic mass is 16.1. The van der Waals surface area contributed by atoms with E-state index >= 15 is 0 Å². The van der Waals surface area contributed by atoms with Gasteiger partial charge in [-0.3, -0.25) is 4.79 Å². The van der Waals surface area contributed by atoms with E-state index in [0.717, 1.165) is 17.1 Å². The Morgan fingerprint density at radius 1 is 1.27 bits per heavy atom. The van der Waals surface area contributed by atoms with Crippen LogP contribution in [0.3, 0.4) is 0 Å². The summed E-state index contributed by atoms with van der Waals surface area (Å²) in [5, 5.41) is 0. The Labute approximate surface area is 91.0 Å². The van der Waals surface area contributed by atoms with Crippen LogP contribution in [0, 0.1) is 6.92 Å². The summed E-state index contributed by atoms with van der Waals surface area (Å²) in [4.78, 5) is 19.1. The fourth-order valence-corrected chi connectivity index (χ4v) is 1.47. The van der Waals surface area contributed by atoms with Crippen molar-refractivity contribution in [1.29, 1.82) is 0 Å². The zero-order valence-electron chi connectivity index (χ0n) is 10.4. The molecule has 1 rings (SSSR count). The third-order valence-electron chi connectivity index (χ3n) is 2.45. The van der Waals surface area contributed by atoms with Gasteiger partial charge in [-0.25, -0.2) is 4.98 Å². The maximum Gasteiger partial charge on any atom is 0.254 e. The molecule has 1 heterocycles. The zero-order chi connectivity index (χ0) is 11.8. The normalized spacial score (nSPS) is 12.2. The van der Waals surface area contributed by atoms with Crippen molar-refractivity contribution in [2.24, 2.45) is 0 Å². The third-order valence-corrected chi connectivity index (χ3v) is 2.45. The number of hydrogen-bond donors (Lipinski definition) is 1. The van der Waals surface area contributed by atoms with Gasteiger partial charge in [0.05, 0.1) is 5.69 Å². The number of aromatic nitrogens is 2. The summed E-state index contributed by atoms with van der Waals surface area (Å²) in [6.07, 6.45) is 0. The highest BCUT2D eigenvalue weighted by molar-refractivity contribution is 5.21. The summed E-state index contributed by atoms with van der Waals surface area (Å²) in [7, 11) is 0. The van der Waals surface area contributed by atoms with E-state index in [1.165, 1.54) is 0 Å². The molecular formula is C12H20N2O. The van der Waals surface area contributed by atoms with E-state index in [0.29, 0.717) is 0 Å². The maximum atomic E-state index is 11.7. The Kier molecular flexibility index (Phi) is 3.03. The summed E-state index contributed by atoms with van der Waals surface area (Å²) in [5.74, 6) is 1.05. The molecule has 0 aromatic carbocycles. The van der Waals surface area contributed by atoms with Gasteiger partial charge < -0.3 is 4.98 Å². The summed E-state index contributed by atoms with van der Waals surface area (Å²) in [6, 6.07) is 0. The number of aromatic amines is 1. The molecule has 0 unspecified atom stereocenters. The first-order valence-electron chi connectivity index (χ1n) is 5.34. The standard InChI is InChI=1S/C12H20N2O/c1-7(2)9-8(3)10(15)14-11(13-9)12(4,5)6/h7H,1-6H3,(H,13,14,15). The number of rotatable bonds is 1. The highest BCUT2D eigenvalue weighted by Gasteiger charge is 2.19. The van der Waals surface area contributed by atoms with E-state index < -0.39 is 0 Å². The molecule has 0 saturated carbocycles. The van der Waals surface area contributed by atoms with Crippen LogP contribution >= 0.6 is 0 Å². The van der Waals surface area contributed by atoms with E-state index in [9.17, 15) is 4.79 Å². The molecule has 0 aliphatic heterocycles. The lowest BCUT2D eigenvalue weighted by Gasteiger charge is -2.19. The number of H-pyrrole nitrogens is 1. The smallest absolute Gasteiger partial charge is 0.254 e. The van der Waals surface area contributed by atoms with Crippen molar-refractivity contribution in [3.63, 3.8) is 0 Å². The Hall–Kier alpha value is -1.12. The van der Waals surface area contributed by atoms with Crippen molar-refractivity contribution in [3.05, 3.63) is 27.4 Å². The minimum Gasteiger partial charge on any atom is -0.310 e. The molecule has 1 aromatic rings. The quantitative estimate of drug-likeness (QED) is 0.770. The fourth-order valence-electron chi connectivity index (χ4n) is 1.47. The summed E-state index contributed by atoms with van der Waals surface area (Å²) in [6.45, 7) is 12.1. The maximum absolute atomic E-state index is 11.7. The molecule has 0 radical (unpaired) electrons. The second-order valence-corrected chi connectivity index (χ2v) is 5.33. The number of hydrogen-bond acceptors (Lipinski definition) is 2. The van der Waals surface area contributed by atoms with Crippen LogP contribution in [0.15, 0.2) is 4.79 Å². The topological polar surface area (TPSA) is 45.8 Å². The van der Waals surface area contributed by atoms with Crippen molar-refractivity contribution in [3.8, 4) is 0 Å². The van der Waals surface area contributed by atoms with Gasteiger partial charge in [-0.15, -0.1) is 0 Å². The van der Waals surface area contributed by atoms with E-state index in [4.69, 9.17) is 0 Å². The molecule has 15 heavy (non-hydrogen) atoms. The summed E-state index contributed by atoms with van der Waals surface area (Å²) in [5.41, 5.74) is 1.51. The molecule has 1 N–H and O–H groups in total. The van der Waals surface area contributed by atoms with E-state index in [1.54, 1.807) is 0 Å². The van der Waals surface area contributed by atoms with Gasteiger partial charge in [-0.2, -0.15) is 0 Å². The summed E-state index contributed by atoms with van der Waals surface area (Å²) < 4.78 is 0. The van der Waals surface area contributed by atoms with Gasteiger partial charge in [-0.05, 0) is 12.8 Å². The Morgan fingerprint density at radius 3 is 2.20 bits per heavy atom. The fraction of sp³-hybridized carbons (Fsp3) is 0.667. The lowest BCUT2D eigenvalue weighted by atomic mass is 9.94. The Balaban J connectivity index is 3.43. The van der Waals surface area contributed by atoms with Gasteiger partial charge in [0, 0.05) is 11.0 Å². The average Bonchev–Trinajstić information content (AvgIpc) is 2.06. The molecule has 0 spiro atoms. The van der Waals surface area contributed by atoms with Gasteiger partial charge in [0.2, 0.25) is 0 Å². The highest BCUT2D eigenvalue weighted by Crippen LogP contribution is 2.20. The van der Waals surface area contributed by atoms with Gasteiger partial charge in [-0.1, -0.05) is 34.6 Å². The first-order valence-corrected chi connectivity index (χ1v) is 5.34. The average molecular weight is 208 g/mol. The molecule has 0 atom stereocenters. The largest absolute Gasteiger partial charge is 0.310 e. The molecular weight excluding hydrogens is 188 g/mol. The second kappa shape index (κ2) is 3.80. The zero-order valence-corrected chi connectivity index (χ0v) is 10.4. The Morgan fingerprint density at radius 2 is 1.80 bits per heavy atom. The van der Waals surface area contributed by atoms with E-state index in [1.807, 2.05) is 27.7 Å². The molecule has 1 aromatic heterocycles. The molecule has 3 heteroatoms. The SMILES string of the molecule is Cc1c(C(C)C)nc(C(C)(C)C)[nH]c1=O. The van der Waals surface area contributed by atoms with Crippen molar-refractivity contribution >= 4 is 0 Å². The van der Waals surface area contributed by atoms with Gasteiger partial charge in [0.15, 0.2) is 0 Å². The lowest BCUT2D eigenvalue weighted by molar-refractivity contribution is 0.534. The molecule has 3 nitrogen and oxygen atoms in total. The first kappa shape index (κ1) is 12.0. The minimum atomic E-state index is -0.115. The van der Waals surface area contributed by atoms with Crippen molar-refractivity contribution in [2.75, 3.05) is 0 Å². The van der Waals surface area contributed by atoms with E-state index in [-0.39, 0.29) is 16.9 Å². The number of nitrogens with one attached hydrogen (secondary N) is 1. The predicted octanol–water partition coefficient (Wildman–Crippen LogP) is 2.50. The number of nitrogens with zero attached hydrogens (tertiary/aromatic N) is 1. The van der Waals surface area contributed by atoms with Crippen LogP contribution < -0.4 is 5.56 Å². The molecule has 0 aliphatic rings. The van der Waals surface area contributed by atoms with Crippen LogP contribution in [-0.4, -0.2) is 9.97 Å². The van der Waals surface area contributed by atoms with Crippen molar-refractivity contribution in [1.82, 2.24) is 9.97 Å². The van der Waals surface area contributed by atoms with Crippen molar-refractivity contribution in [2.45, 2.75) is 52.9 Å². The van der Waals surface area contributed by atoms with Crippen molar-refractivity contribution < 1.29 is 0 Å². The van der Waals surface area contributed by atoms with Crippen LogP contribution in [0.4, 0.5) is 0 Å². The Bertz CT molecular complexity index is 411. The molecule has 0 amide bonds. The third kappa shape index (κ3) is 2.46. The van der Waals surface area contributed by atoms with Crippen LogP contribution in [0.5, 0.6) is 0 Å². The lowest BCUT2D eigenvalue weighted by Crippen LogP contribution is -2.25. The van der Waals surface area contributed by atoms with Crippen LogP contribution in [0.25, 0.3) is 0 Å². The molecule has 0 fully saturated rings. The monoisotopic (exact) mass is 208 g/mol. The van der Waals surface area contributed by atoms with E-state index in [2.05, 4.69) is 23.8 Å². The van der Waals surface area contributed by atoms with Crippen LogP contribution in [0.1, 0.15) is 57.6 Å². The predicted molar refractivity (Wildman–Crippen MR) is 62.4 cm³/mol. The van der Waals surface area contributed by atoms with Gasteiger partial charge in [0.1, 0.15) is 5.82 Å². The summed E-state index contributed by atoms with van der Waals surface area (Å²) >= 11 is 0. The first-order chi connectivity index (χ1) is 6.73. The molecule has 0 saturated heterocycles. The molecule has 0 aliphatic carbocycles. The molecule has 84 valence electrons. The van der Waals surface area contributed by atoms with Crippen LogP contribution in [0.2, 0.25) is 0 Å². The second-order valence-electron chi connectivity index (χ2n) is 5.33. The van der Waals surface area contributed by atoms with Gasteiger partial charge >= 0.3 is 0 Å². The molecule has 0 bridgehead atoms. The van der Waals surface area contributed by atoms with Crippen LogP contribution in [-0.2, 0) is 5.41 Å². The minimum absolute atomic E-state index is 0.0152.